The first-order valence-electron chi connectivity index (χ1n) is 7.59. The molecule has 0 heterocycles. The van der Waals surface area contributed by atoms with E-state index in [0.29, 0.717) is 0 Å². The lowest BCUT2D eigenvalue weighted by molar-refractivity contribution is -0.151. The highest BCUT2D eigenvalue weighted by molar-refractivity contribution is 6.31. The number of benzene rings is 1. The average molecular weight is 277 g/mol. The highest BCUT2D eigenvalue weighted by Gasteiger charge is 2.54. The molecule has 2 unspecified atom stereocenters. The zero-order valence-corrected chi connectivity index (χ0v) is 11.9. The Hall–Kier alpha value is -0.530. The van der Waals surface area contributed by atoms with E-state index in [4.69, 9.17) is 11.6 Å². The fraction of sp³-hybridized carbons (Fsp3) is 0.647. The summed E-state index contributed by atoms with van der Waals surface area (Å²) in [6.07, 6.45) is 6.93. The predicted molar refractivity (Wildman–Crippen MR) is 77.2 cm³/mol. The second-order valence-corrected chi connectivity index (χ2v) is 7.56. The standard InChI is InChI=1S/C17H21ClO/c18-16-4-2-1-3-12(16)7-15-13-5-11-6-14(15)10-17(19,8-11)9-13/h1-4,11,13-15,19H,5-10H2. The van der Waals surface area contributed by atoms with Crippen LogP contribution in [-0.4, -0.2) is 10.7 Å². The van der Waals surface area contributed by atoms with Crippen LogP contribution in [-0.2, 0) is 6.42 Å². The van der Waals surface area contributed by atoms with Gasteiger partial charge in [0.05, 0.1) is 5.60 Å². The number of rotatable bonds is 2. The number of halogens is 1. The number of aliphatic hydroxyl groups is 1. The maximum atomic E-state index is 10.6. The molecule has 1 aromatic rings. The van der Waals surface area contributed by atoms with Crippen molar-refractivity contribution < 1.29 is 5.11 Å². The summed E-state index contributed by atoms with van der Waals surface area (Å²) in [4.78, 5) is 0. The lowest BCUT2D eigenvalue weighted by Crippen LogP contribution is -2.55. The van der Waals surface area contributed by atoms with Crippen LogP contribution in [0.1, 0.15) is 37.7 Å². The van der Waals surface area contributed by atoms with E-state index in [1.165, 1.54) is 18.4 Å². The van der Waals surface area contributed by atoms with Gasteiger partial charge in [0.15, 0.2) is 0 Å². The molecular weight excluding hydrogens is 256 g/mol. The summed E-state index contributed by atoms with van der Waals surface area (Å²) in [6.45, 7) is 0. The lowest BCUT2D eigenvalue weighted by Gasteiger charge is -2.58. The van der Waals surface area contributed by atoms with Gasteiger partial charge < -0.3 is 5.11 Å². The van der Waals surface area contributed by atoms with Gasteiger partial charge in [-0.1, -0.05) is 29.8 Å². The van der Waals surface area contributed by atoms with E-state index in [-0.39, 0.29) is 5.60 Å². The van der Waals surface area contributed by atoms with Crippen LogP contribution in [0, 0.1) is 23.7 Å². The van der Waals surface area contributed by atoms with Crippen molar-refractivity contribution >= 4 is 11.6 Å². The Morgan fingerprint density at radius 3 is 2.42 bits per heavy atom. The number of hydrogen-bond donors (Lipinski definition) is 1. The third-order valence-corrected chi connectivity index (χ3v) is 6.22. The molecule has 4 aliphatic carbocycles. The van der Waals surface area contributed by atoms with E-state index >= 15 is 0 Å². The van der Waals surface area contributed by atoms with E-state index in [0.717, 1.165) is 54.4 Å². The van der Waals surface area contributed by atoms with E-state index in [2.05, 4.69) is 12.1 Å². The summed E-state index contributed by atoms with van der Waals surface area (Å²) >= 11 is 6.32. The smallest absolute Gasteiger partial charge is 0.0656 e. The van der Waals surface area contributed by atoms with E-state index in [9.17, 15) is 5.11 Å². The normalized spacial score (nSPS) is 43.7. The van der Waals surface area contributed by atoms with Gasteiger partial charge in [-0.3, -0.25) is 0 Å². The van der Waals surface area contributed by atoms with Crippen molar-refractivity contribution in [3.63, 3.8) is 0 Å². The molecule has 1 nitrogen and oxygen atoms in total. The summed E-state index contributed by atoms with van der Waals surface area (Å²) in [7, 11) is 0. The fourth-order valence-corrected chi connectivity index (χ4v) is 5.55. The molecule has 4 fully saturated rings. The first-order valence-corrected chi connectivity index (χ1v) is 7.96. The third-order valence-electron chi connectivity index (χ3n) is 5.85. The minimum absolute atomic E-state index is 0.312. The number of hydrogen-bond acceptors (Lipinski definition) is 1. The van der Waals surface area contributed by atoms with E-state index in [1.807, 2.05) is 12.1 Å². The summed E-state index contributed by atoms with van der Waals surface area (Å²) in [6, 6.07) is 8.26. The second-order valence-electron chi connectivity index (χ2n) is 7.15. The molecule has 5 rings (SSSR count). The Labute approximate surface area is 120 Å². The first kappa shape index (κ1) is 12.2. The molecule has 0 spiro atoms. The highest BCUT2D eigenvalue weighted by Crippen LogP contribution is 2.58. The Kier molecular flexibility index (Phi) is 2.72. The monoisotopic (exact) mass is 276 g/mol. The van der Waals surface area contributed by atoms with Crippen molar-refractivity contribution in [1.82, 2.24) is 0 Å². The zero-order chi connectivity index (χ0) is 13.0. The van der Waals surface area contributed by atoms with Crippen LogP contribution in [0.3, 0.4) is 0 Å². The molecule has 4 bridgehead atoms. The third kappa shape index (κ3) is 2.02. The van der Waals surface area contributed by atoms with Crippen LogP contribution >= 0.6 is 11.6 Å². The topological polar surface area (TPSA) is 20.2 Å². The van der Waals surface area contributed by atoms with Crippen LogP contribution in [0.15, 0.2) is 24.3 Å². The van der Waals surface area contributed by atoms with Gasteiger partial charge in [0.2, 0.25) is 0 Å². The molecular formula is C17H21ClO. The largest absolute Gasteiger partial charge is 0.390 e. The molecule has 1 aromatic carbocycles. The molecule has 0 aromatic heterocycles. The molecule has 4 aliphatic rings. The van der Waals surface area contributed by atoms with Crippen LogP contribution in [0.25, 0.3) is 0 Å². The molecule has 0 saturated heterocycles. The Morgan fingerprint density at radius 2 is 1.79 bits per heavy atom. The van der Waals surface area contributed by atoms with Crippen molar-refractivity contribution in [3.05, 3.63) is 34.9 Å². The Balaban J connectivity index is 1.59. The summed E-state index contributed by atoms with van der Waals surface area (Å²) in [5.74, 6) is 3.00. The second kappa shape index (κ2) is 4.23. The van der Waals surface area contributed by atoms with Gasteiger partial charge in [0, 0.05) is 5.02 Å². The van der Waals surface area contributed by atoms with Gasteiger partial charge >= 0.3 is 0 Å². The molecule has 0 amide bonds. The van der Waals surface area contributed by atoms with Gasteiger partial charge in [0.1, 0.15) is 0 Å². The van der Waals surface area contributed by atoms with Gasteiger partial charge in [-0.25, -0.2) is 0 Å². The Morgan fingerprint density at radius 1 is 1.11 bits per heavy atom. The molecule has 2 atom stereocenters. The van der Waals surface area contributed by atoms with Gasteiger partial charge in [-0.2, -0.15) is 0 Å². The first-order chi connectivity index (χ1) is 9.13. The van der Waals surface area contributed by atoms with Crippen molar-refractivity contribution in [3.8, 4) is 0 Å². The van der Waals surface area contributed by atoms with E-state index < -0.39 is 0 Å². The molecule has 0 radical (unpaired) electrons. The molecule has 1 N–H and O–H groups in total. The van der Waals surface area contributed by atoms with Crippen molar-refractivity contribution in [2.75, 3.05) is 0 Å². The average Bonchev–Trinajstić information content (AvgIpc) is 2.34. The van der Waals surface area contributed by atoms with Crippen molar-refractivity contribution in [2.45, 2.75) is 44.1 Å². The molecule has 0 aliphatic heterocycles. The van der Waals surface area contributed by atoms with Crippen LogP contribution < -0.4 is 0 Å². The predicted octanol–water partition coefficient (Wildman–Crippen LogP) is 4.07. The minimum atomic E-state index is -0.312. The molecule has 102 valence electrons. The van der Waals surface area contributed by atoms with Crippen LogP contribution in [0.5, 0.6) is 0 Å². The minimum Gasteiger partial charge on any atom is -0.390 e. The van der Waals surface area contributed by atoms with Crippen molar-refractivity contribution in [2.24, 2.45) is 23.7 Å². The maximum Gasteiger partial charge on any atom is 0.0656 e. The highest BCUT2D eigenvalue weighted by atomic mass is 35.5. The SMILES string of the molecule is OC12CC3CC(C1)C(Cc1ccccc1Cl)C(C3)C2. The van der Waals surface area contributed by atoms with E-state index in [1.54, 1.807) is 0 Å². The maximum absolute atomic E-state index is 10.6. The molecule has 4 saturated carbocycles. The van der Waals surface area contributed by atoms with Crippen LogP contribution in [0.4, 0.5) is 0 Å². The molecule has 2 heteroatoms. The summed E-state index contributed by atoms with van der Waals surface area (Å²) < 4.78 is 0. The van der Waals surface area contributed by atoms with Crippen LogP contribution in [0.2, 0.25) is 5.02 Å². The Bertz CT molecular complexity index is 482. The zero-order valence-electron chi connectivity index (χ0n) is 11.2. The summed E-state index contributed by atoms with van der Waals surface area (Å²) in [5, 5.41) is 11.5. The summed E-state index contributed by atoms with van der Waals surface area (Å²) in [5.41, 5.74) is 0.988. The van der Waals surface area contributed by atoms with Gasteiger partial charge in [-0.05, 0) is 73.8 Å². The van der Waals surface area contributed by atoms with Crippen molar-refractivity contribution in [1.29, 1.82) is 0 Å². The quantitative estimate of drug-likeness (QED) is 0.863. The van der Waals surface area contributed by atoms with Gasteiger partial charge in [-0.15, -0.1) is 0 Å². The molecule has 19 heavy (non-hydrogen) atoms. The fourth-order valence-electron chi connectivity index (χ4n) is 5.34. The van der Waals surface area contributed by atoms with Gasteiger partial charge in [0.25, 0.3) is 0 Å². The lowest BCUT2D eigenvalue weighted by atomic mass is 9.49.